The van der Waals surface area contributed by atoms with E-state index in [2.05, 4.69) is 245 Å². The molecule has 0 amide bonds. The van der Waals surface area contributed by atoms with Gasteiger partial charge in [-0.05, 0) is 176 Å². The molecule has 0 heterocycles. The zero-order valence-corrected chi connectivity index (χ0v) is 38.4. The lowest BCUT2D eigenvalue weighted by Gasteiger charge is -2.29. The zero-order valence-electron chi connectivity index (χ0n) is 38.4. The third-order valence-corrected chi connectivity index (χ3v) is 13.6. The first kappa shape index (κ1) is 42.4. The van der Waals surface area contributed by atoms with Gasteiger partial charge in [-0.3, -0.25) is 0 Å². The summed E-state index contributed by atoms with van der Waals surface area (Å²) in [7, 11) is 0. The van der Waals surface area contributed by atoms with E-state index >= 15 is 0 Å². The van der Waals surface area contributed by atoms with Gasteiger partial charge in [0.25, 0.3) is 0 Å². The zero-order chi connectivity index (χ0) is 44.2. The van der Waals surface area contributed by atoms with E-state index in [0.29, 0.717) is 11.8 Å². The average molecular weight is 833 g/mol. The molecule has 0 aliphatic heterocycles. The molecule has 2 nitrogen and oxygen atoms in total. The lowest BCUT2D eigenvalue weighted by molar-refractivity contribution is 0.733. The molecule has 0 aliphatic carbocycles. The molecule has 318 valence electrons. The molecular weight excluding hydrogens is 773 g/mol. The van der Waals surface area contributed by atoms with Gasteiger partial charge in [0.15, 0.2) is 0 Å². The van der Waals surface area contributed by atoms with Crippen LogP contribution in [0.5, 0.6) is 0 Å². The van der Waals surface area contributed by atoms with Crippen LogP contribution in [0.25, 0.3) is 43.8 Å². The van der Waals surface area contributed by atoms with Crippen LogP contribution < -0.4 is 9.80 Å². The van der Waals surface area contributed by atoms with E-state index in [1.165, 1.54) is 77.4 Å². The first-order chi connectivity index (χ1) is 31.4. The van der Waals surface area contributed by atoms with Gasteiger partial charge in [-0.1, -0.05) is 163 Å². The highest BCUT2D eigenvalue weighted by Crippen LogP contribution is 2.48. The molecule has 2 atom stereocenters. The number of aryl methyl sites for hydroxylation is 2. The number of hydrogen-bond acceptors (Lipinski definition) is 2. The minimum absolute atomic E-state index is 0.464. The van der Waals surface area contributed by atoms with Gasteiger partial charge in [-0.25, -0.2) is 0 Å². The molecule has 0 radical (unpaired) electrons. The lowest BCUT2D eigenvalue weighted by Crippen LogP contribution is -2.11. The Kier molecular flexibility index (Phi) is 12.5. The van der Waals surface area contributed by atoms with Gasteiger partial charge in [0.05, 0.1) is 0 Å². The average Bonchev–Trinajstić information content (AvgIpc) is 3.36. The van der Waals surface area contributed by atoms with E-state index in [9.17, 15) is 0 Å². The van der Waals surface area contributed by atoms with E-state index in [-0.39, 0.29) is 0 Å². The number of benzene rings is 9. The molecule has 0 saturated heterocycles. The van der Waals surface area contributed by atoms with E-state index in [1.807, 2.05) is 0 Å². The molecule has 2 heteroatoms. The van der Waals surface area contributed by atoms with Crippen LogP contribution in [0.3, 0.4) is 0 Å². The van der Waals surface area contributed by atoms with Gasteiger partial charge in [0.2, 0.25) is 0 Å². The van der Waals surface area contributed by atoms with Gasteiger partial charge < -0.3 is 9.80 Å². The van der Waals surface area contributed by atoms with Crippen LogP contribution in [-0.2, 0) is 12.8 Å². The summed E-state index contributed by atoms with van der Waals surface area (Å²) in [5.41, 5.74) is 17.2. The fourth-order valence-electron chi connectivity index (χ4n) is 9.38. The van der Waals surface area contributed by atoms with Crippen molar-refractivity contribution in [2.24, 2.45) is 0 Å². The molecule has 64 heavy (non-hydrogen) atoms. The largest absolute Gasteiger partial charge is 0.310 e. The van der Waals surface area contributed by atoms with Crippen molar-refractivity contribution in [1.29, 1.82) is 0 Å². The van der Waals surface area contributed by atoms with E-state index in [4.69, 9.17) is 0 Å². The summed E-state index contributed by atoms with van der Waals surface area (Å²) in [6.07, 6.45) is 4.19. The standard InChI is InChI=1S/C62H60N2/c1-7-43(5)49-23-17-25-53(39-49)63(51-31-27-45(9-3)28-32-51)55-35-37-57-59(41-55)61(47-19-13-11-14-20-47)58-38-36-56(42-60(58)62(57)48-21-15-12-16-22-48)64(52-33-29-46(10-4)30-34-52)54-26-18-24-50(40-54)44(6)8-2/h11-44H,7-10H2,1-6H3. The Morgan fingerprint density at radius 1 is 0.328 bits per heavy atom. The monoisotopic (exact) mass is 832 g/mol. The predicted octanol–water partition coefficient (Wildman–Crippen LogP) is 18.4. The second kappa shape index (κ2) is 18.8. The van der Waals surface area contributed by atoms with Gasteiger partial charge in [0.1, 0.15) is 0 Å². The van der Waals surface area contributed by atoms with Gasteiger partial charge in [-0.2, -0.15) is 0 Å². The Bertz CT molecular complexity index is 2800. The van der Waals surface area contributed by atoms with Crippen LogP contribution in [-0.4, -0.2) is 0 Å². The number of hydrogen-bond donors (Lipinski definition) is 0. The Morgan fingerprint density at radius 2 is 0.688 bits per heavy atom. The number of nitrogens with zero attached hydrogens (tertiary/aromatic N) is 2. The first-order valence-corrected chi connectivity index (χ1v) is 23.5. The normalized spacial score (nSPS) is 12.3. The molecular formula is C62H60N2. The Morgan fingerprint density at radius 3 is 1.05 bits per heavy atom. The smallest absolute Gasteiger partial charge is 0.0468 e. The molecule has 0 aliphatic rings. The fraction of sp³-hybridized carbons (Fsp3) is 0.194. The van der Waals surface area contributed by atoms with Crippen molar-refractivity contribution < 1.29 is 0 Å². The van der Waals surface area contributed by atoms with Gasteiger partial charge in [0, 0.05) is 34.1 Å². The summed E-state index contributed by atoms with van der Waals surface area (Å²) in [5, 5.41) is 4.91. The van der Waals surface area contributed by atoms with Crippen molar-refractivity contribution in [3.8, 4) is 22.3 Å². The SMILES string of the molecule is CCc1ccc(N(c2cccc(C(C)CC)c2)c2ccc3c(-c4ccccc4)c4cc(N(c5ccc(CC)cc5)c5cccc(C(C)CC)c5)ccc4c(-c4ccccc4)c3c2)cc1. The van der Waals surface area contributed by atoms with Gasteiger partial charge >= 0.3 is 0 Å². The van der Waals surface area contributed by atoms with Crippen molar-refractivity contribution >= 4 is 55.7 Å². The van der Waals surface area contributed by atoms with Crippen molar-refractivity contribution in [2.75, 3.05) is 9.80 Å². The number of anilines is 6. The summed E-state index contributed by atoms with van der Waals surface area (Å²) in [4.78, 5) is 4.90. The quantitative estimate of drug-likeness (QED) is 0.101. The van der Waals surface area contributed by atoms with Crippen LogP contribution in [0.15, 0.2) is 194 Å². The number of rotatable bonds is 14. The second-order valence-electron chi connectivity index (χ2n) is 17.5. The van der Waals surface area contributed by atoms with Crippen molar-refractivity contribution in [2.45, 2.75) is 79.1 Å². The molecule has 0 N–H and O–H groups in total. The molecule has 0 bridgehead atoms. The molecule has 0 fully saturated rings. The first-order valence-electron chi connectivity index (χ1n) is 23.5. The summed E-state index contributed by atoms with van der Waals surface area (Å²) >= 11 is 0. The van der Waals surface area contributed by atoms with Crippen LogP contribution in [0.2, 0.25) is 0 Å². The summed E-state index contributed by atoms with van der Waals surface area (Å²) in [6.45, 7) is 13.7. The highest BCUT2D eigenvalue weighted by molar-refractivity contribution is 6.22. The summed E-state index contributed by atoms with van der Waals surface area (Å²) < 4.78 is 0. The summed E-state index contributed by atoms with van der Waals surface area (Å²) in [6, 6.07) is 72.9. The molecule has 9 aromatic rings. The highest BCUT2D eigenvalue weighted by atomic mass is 15.1. The lowest BCUT2D eigenvalue weighted by atomic mass is 9.85. The summed E-state index contributed by atoms with van der Waals surface area (Å²) in [5.74, 6) is 0.927. The topological polar surface area (TPSA) is 6.48 Å². The van der Waals surface area contributed by atoms with Crippen molar-refractivity contribution in [3.63, 3.8) is 0 Å². The molecule has 9 rings (SSSR count). The Hall–Kier alpha value is -6.90. The van der Waals surface area contributed by atoms with Crippen LogP contribution in [0.1, 0.15) is 88.5 Å². The van der Waals surface area contributed by atoms with Crippen LogP contribution >= 0.6 is 0 Å². The molecule has 0 aromatic heterocycles. The number of fused-ring (bicyclic) bond motifs is 2. The van der Waals surface area contributed by atoms with Crippen molar-refractivity contribution in [1.82, 2.24) is 0 Å². The fourth-order valence-corrected chi connectivity index (χ4v) is 9.38. The van der Waals surface area contributed by atoms with E-state index in [1.54, 1.807) is 0 Å². The van der Waals surface area contributed by atoms with E-state index < -0.39 is 0 Å². The third-order valence-electron chi connectivity index (χ3n) is 13.6. The maximum atomic E-state index is 2.45. The molecule has 0 spiro atoms. The predicted molar refractivity (Wildman–Crippen MR) is 278 cm³/mol. The van der Waals surface area contributed by atoms with Crippen LogP contribution in [0, 0.1) is 0 Å². The molecule has 0 saturated carbocycles. The second-order valence-corrected chi connectivity index (χ2v) is 17.5. The molecule has 9 aromatic carbocycles. The minimum Gasteiger partial charge on any atom is -0.310 e. The highest BCUT2D eigenvalue weighted by Gasteiger charge is 2.23. The maximum absolute atomic E-state index is 2.45. The minimum atomic E-state index is 0.464. The van der Waals surface area contributed by atoms with E-state index in [0.717, 1.165) is 48.4 Å². The Labute approximate surface area is 381 Å². The third kappa shape index (κ3) is 8.33. The molecule has 2 unspecified atom stereocenters. The maximum Gasteiger partial charge on any atom is 0.0468 e. The van der Waals surface area contributed by atoms with Crippen molar-refractivity contribution in [3.05, 3.63) is 216 Å². The van der Waals surface area contributed by atoms with Crippen LogP contribution in [0.4, 0.5) is 34.1 Å². The Balaban J connectivity index is 1.34. The van der Waals surface area contributed by atoms with Gasteiger partial charge in [-0.15, -0.1) is 0 Å².